The first kappa shape index (κ1) is 14.3. The van der Waals surface area contributed by atoms with Crippen molar-refractivity contribution in [2.24, 2.45) is 0 Å². The van der Waals surface area contributed by atoms with Crippen molar-refractivity contribution in [3.8, 4) is 0 Å². The van der Waals surface area contributed by atoms with Crippen LogP contribution in [0.15, 0.2) is 0 Å². The predicted molar refractivity (Wildman–Crippen MR) is 71.5 cm³/mol. The number of carbonyl (C=O) groups is 2. The Morgan fingerprint density at radius 3 is 2.50 bits per heavy atom. The first-order chi connectivity index (χ1) is 8.01. The quantitative estimate of drug-likeness (QED) is 0.273. The van der Waals surface area contributed by atoms with Gasteiger partial charge in [0.25, 0.3) is 5.91 Å². The number of alkyl halides is 2. The zero-order chi connectivity index (χ0) is 14.1. The molecule has 2 saturated heterocycles. The number of rotatable bonds is 1. The maximum atomic E-state index is 12.4. The maximum absolute atomic E-state index is 12.4. The molecule has 1 amide bonds. The number of esters is 1. The van der Waals surface area contributed by atoms with Crippen LogP contribution in [-0.4, -0.2) is 44.2 Å². The van der Waals surface area contributed by atoms with Crippen LogP contribution in [0, 0.1) is 7.11 Å². The fourth-order valence-electron chi connectivity index (χ4n) is 2.34. The van der Waals surface area contributed by atoms with E-state index in [-0.39, 0.29) is 0 Å². The normalized spacial score (nSPS) is 40.1. The van der Waals surface area contributed by atoms with Crippen molar-refractivity contribution < 1.29 is 22.7 Å². The van der Waals surface area contributed by atoms with E-state index in [0.29, 0.717) is 0 Å². The fourth-order valence-corrected chi connectivity index (χ4v) is 6.59. The third-order valence-electron chi connectivity index (χ3n) is 3.41. The molecule has 18 heavy (non-hydrogen) atoms. The summed E-state index contributed by atoms with van der Waals surface area (Å²) in [5, 5.41) is -1.21. The minimum Gasteiger partial charge on any atom is -0.460 e. The second-order valence-electron chi connectivity index (χ2n) is 4.70. The van der Waals surface area contributed by atoms with Crippen LogP contribution in [0.5, 0.6) is 0 Å². The summed E-state index contributed by atoms with van der Waals surface area (Å²) < 4.78 is 26.0. The van der Waals surface area contributed by atoms with Crippen LogP contribution in [0.2, 0.25) is 0 Å². The van der Waals surface area contributed by atoms with Crippen LogP contribution in [0.25, 0.3) is 0 Å². The van der Waals surface area contributed by atoms with Crippen molar-refractivity contribution in [3.63, 3.8) is 0 Å². The number of β-lactam (4-membered cyclic amide) rings is 1. The van der Waals surface area contributed by atoms with E-state index in [9.17, 15) is 18.0 Å². The third-order valence-corrected chi connectivity index (χ3v) is 8.24. The molecule has 6 nitrogen and oxygen atoms in total. The second-order valence-corrected chi connectivity index (χ2v) is 10.2. The van der Waals surface area contributed by atoms with Crippen LogP contribution in [0.4, 0.5) is 0 Å². The van der Waals surface area contributed by atoms with Gasteiger partial charge in [0.15, 0.2) is 15.2 Å². The van der Waals surface area contributed by atoms with Gasteiger partial charge in [0.1, 0.15) is 17.9 Å². The standard InChI is InChI=1S/C9H10ClINO5S/c1-8(2)4(5(13)17-3)12-6(14)9(10,11)7(12)18(8,15)16/h4,7H,3H2,1-2H3/t4-,7+,9?/m0/s1. The van der Waals surface area contributed by atoms with Crippen LogP contribution >= 0.6 is 34.2 Å². The first-order valence-corrected chi connectivity index (χ1v) is 7.91. The molecule has 0 spiro atoms. The molecule has 0 aromatic heterocycles. The van der Waals surface area contributed by atoms with Gasteiger partial charge in [-0.2, -0.15) is 0 Å². The number of halogens is 2. The number of hydrogen-bond donors (Lipinski definition) is 0. The molecular formula is C9H10ClINO5S. The summed E-state index contributed by atoms with van der Waals surface area (Å²) in [4.78, 5) is 24.5. The molecule has 0 aromatic carbocycles. The number of ether oxygens (including phenoxy) is 1. The van der Waals surface area contributed by atoms with E-state index in [4.69, 9.17) is 11.6 Å². The maximum Gasteiger partial charge on any atom is 0.330 e. The number of nitrogens with zero attached hydrogens (tertiary/aromatic N) is 1. The van der Waals surface area contributed by atoms with E-state index in [0.717, 1.165) is 4.90 Å². The molecule has 2 aliphatic heterocycles. The van der Waals surface area contributed by atoms with Crippen LogP contribution in [-0.2, 0) is 24.2 Å². The Morgan fingerprint density at radius 2 is 2.06 bits per heavy atom. The second kappa shape index (κ2) is 3.72. The molecule has 0 N–H and O–H groups in total. The smallest absolute Gasteiger partial charge is 0.330 e. The molecule has 101 valence electrons. The Kier molecular flexibility index (Phi) is 2.96. The van der Waals surface area contributed by atoms with Gasteiger partial charge in [-0.1, -0.05) is 11.6 Å². The van der Waals surface area contributed by atoms with Crippen molar-refractivity contribution in [2.75, 3.05) is 0 Å². The third kappa shape index (κ3) is 1.36. The van der Waals surface area contributed by atoms with Gasteiger partial charge in [-0.3, -0.25) is 4.79 Å². The van der Waals surface area contributed by atoms with Crippen LogP contribution in [0.3, 0.4) is 0 Å². The van der Waals surface area contributed by atoms with Crippen molar-refractivity contribution in [3.05, 3.63) is 7.11 Å². The van der Waals surface area contributed by atoms with Gasteiger partial charge in [0.05, 0.1) is 0 Å². The zero-order valence-corrected chi connectivity index (χ0v) is 13.2. The van der Waals surface area contributed by atoms with Crippen molar-refractivity contribution in [1.29, 1.82) is 0 Å². The molecule has 0 aromatic rings. The van der Waals surface area contributed by atoms with Gasteiger partial charge in [-0.05, 0) is 36.4 Å². The molecule has 0 saturated carbocycles. The Balaban J connectivity index is 2.61. The van der Waals surface area contributed by atoms with Crippen LogP contribution < -0.4 is 0 Å². The monoisotopic (exact) mass is 406 g/mol. The summed E-state index contributed by atoms with van der Waals surface area (Å²) in [7, 11) is -0.802. The van der Waals surface area contributed by atoms with E-state index < -0.39 is 40.8 Å². The van der Waals surface area contributed by atoms with Crippen LogP contribution in [0.1, 0.15) is 13.8 Å². The van der Waals surface area contributed by atoms with Gasteiger partial charge >= 0.3 is 5.97 Å². The lowest BCUT2D eigenvalue weighted by molar-refractivity contribution is -0.158. The molecule has 0 aliphatic carbocycles. The lowest BCUT2D eigenvalue weighted by Gasteiger charge is -2.45. The largest absolute Gasteiger partial charge is 0.460 e. The highest BCUT2D eigenvalue weighted by atomic mass is 127. The predicted octanol–water partition coefficient (Wildman–Crippen LogP) is 0.435. The van der Waals surface area contributed by atoms with Gasteiger partial charge in [0, 0.05) is 0 Å². The van der Waals surface area contributed by atoms with E-state index in [2.05, 4.69) is 11.8 Å². The summed E-state index contributed by atoms with van der Waals surface area (Å²) in [5.41, 5.74) is 0. The summed E-state index contributed by atoms with van der Waals surface area (Å²) >= 11 is 7.51. The molecule has 2 fully saturated rings. The summed E-state index contributed by atoms with van der Waals surface area (Å²) in [6.45, 7) is 2.75. The Bertz CT molecular complexity index is 543. The number of sulfone groups is 1. The molecule has 0 bridgehead atoms. The molecule has 1 unspecified atom stereocenters. The van der Waals surface area contributed by atoms with Gasteiger partial charge < -0.3 is 9.64 Å². The zero-order valence-electron chi connectivity index (χ0n) is 9.51. The number of amides is 1. The average molecular weight is 407 g/mol. The van der Waals surface area contributed by atoms with E-state index in [1.54, 1.807) is 22.6 Å². The van der Waals surface area contributed by atoms with Gasteiger partial charge in [0.2, 0.25) is 2.88 Å². The van der Waals surface area contributed by atoms with E-state index in [1.807, 2.05) is 0 Å². The molecule has 2 aliphatic rings. The number of fused-ring (bicyclic) bond motifs is 1. The average Bonchev–Trinajstić information content (AvgIpc) is 2.41. The molecular weight excluding hydrogens is 397 g/mol. The highest BCUT2D eigenvalue weighted by Gasteiger charge is 2.77. The van der Waals surface area contributed by atoms with E-state index in [1.165, 1.54) is 13.8 Å². The highest BCUT2D eigenvalue weighted by molar-refractivity contribution is 14.1. The van der Waals surface area contributed by atoms with Crippen molar-refractivity contribution >= 4 is 55.9 Å². The Hall–Kier alpha value is -0.0900. The molecule has 3 atom stereocenters. The Morgan fingerprint density at radius 1 is 1.56 bits per heavy atom. The highest BCUT2D eigenvalue weighted by Crippen LogP contribution is 2.56. The number of hydrogen-bond acceptors (Lipinski definition) is 5. The number of carbonyl (C=O) groups excluding carboxylic acids is 2. The van der Waals surface area contributed by atoms with Gasteiger partial charge in [-0.25, -0.2) is 13.2 Å². The molecule has 1 radical (unpaired) electrons. The van der Waals surface area contributed by atoms with Gasteiger partial charge in [-0.15, -0.1) is 0 Å². The van der Waals surface area contributed by atoms with E-state index >= 15 is 0 Å². The first-order valence-electron chi connectivity index (χ1n) is 4.91. The topological polar surface area (TPSA) is 80.8 Å². The molecule has 2 rings (SSSR count). The minimum atomic E-state index is -3.77. The molecule has 9 heteroatoms. The lowest BCUT2D eigenvalue weighted by atomic mass is 9.98. The summed E-state index contributed by atoms with van der Waals surface area (Å²) in [6.07, 6.45) is 0. The van der Waals surface area contributed by atoms with Crippen molar-refractivity contribution in [1.82, 2.24) is 4.90 Å². The Labute approximate surface area is 123 Å². The SMILES string of the molecule is [CH2]OC(=O)[C@@H]1N2C(=O)C(Cl)(I)[C@H]2S(=O)(=O)C1(C)C. The fraction of sp³-hybridized carbons (Fsp3) is 0.667. The lowest BCUT2D eigenvalue weighted by Crippen LogP contribution is -2.69. The summed E-state index contributed by atoms with van der Waals surface area (Å²) in [6, 6.07) is -1.21. The van der Waals surface area contributed by atoms with Crippen molar-refractivity contribution in [2.45, 2.75) is 32.9 Å². The summed E-state index contributed by atoms with van der Waals surface area (Å²) in [5.74, 6) is -1.46. The molecule has 2 heterocycles. The minimum absolute atomic E-state index is 0.598.